The van der Waals surface area contributed by atoms with E-state index in [-0.39, 0.29) is 11.1 Å². The molecule has 0 spiro atoms. The summed E-state index contributed by atoms with van der Waals surface area (Å²) >= 11 is 5.98. The van der Waals surface area contributed by atoms with Gasteiger partial charge in [0.2, 0.25) is 0 Å². The lowest BCUT2D eigenvalue weighted by atomic mass is 10.0. The summed E-state index contributed by atoms with van der Waals surface area (Å²) < 4.78 is 16.4. The second-order valence-electron chi connectivity index (χ2n) is 8.86. The summed E-state index contributed by atoms with van der Waals surface area (Å²) in [5.41, 5.74) is 0.896. The highest BCUT2D eigenvalue weighted by molar-refractivity contribution is 6.30. The molecule has 0 radical (unpaired) electrons. The lowest BCUT2D eigenvalue weighted by Crippen LogP contribution is -2.47. The van der Waals surface area contributed by atoms with Gasteiger partial charge < -0.3 is 4.90 Å². The van der Waals surface area contributed by atoms with Gasteiger partial charge in [0.15, 0.2) is 0 Å². The van der Waals surface area contributed by atoms with Gasteiger partial charge in [-0.2, -0.15) is 0 Å². The lowest BCUT2D eigenvalue weighted by molar-refractivity contribution is 0.215. The molecule has 8 heteroatoms. The van der Waals surface area contributed by atoms with Gasteiger partial charge in [0, 0.05) is 42.8 Å². The molecule has 4 heterocycles. The van der Waals surface area contributed by atoms with E-state index in [2.05, 4.69) is 14.8 Å². The number of rotatable bonds is 3. The monoisotopic (exact) mass is 455 g/mol. The number of pyridine rings is 1. The van der Waals surface area contributed by atoms with E-state index in [0.717, 1.165) is 38.4 Å². The fourth-order valence-electron chi connectivity index (χ4n) is 4.99. The van der Waals surface area contributed by atoms with Crippen LogP contribution < -0.4 is 10.5 Å². The predicted octanol–water partition coefficient (Wildman–Crippen LogP) is 4.16. The number of anilines is 1. The van der Waals surface area contributed by atoms with Crippen molar-refractivity contribution in [2.24, 2.45) is 7.05 Å². The predicted molar refractivity (Wildman–Crippen MR) is 126 cm³/mol. The van der Waals surface area contributed by atoms with Crippen LogP contribution in [0.3, 0.4) is 0 Å². The Hall–Kier alpha value is -2.51. The van der Waals surface area contributed by atoms with Crippen LogP contribution in [0.4, 0.5) is 10.2 Å². The first kappa shape index (κ1) is 21.3. The fraction of sp³-hybridized carbons (Fsp3) is 0.458. The summed E-state index contributed by atoms with van der Waals surface area (Å²) in [6.07, 6.45) is 4.78. The lowest BCUT2D eigenvalue weighted by Gasteiger charge is -2.38. The molecule has 2 aromatic heterocycles. The number of piperidine rings is 1. The van der Waals surface area contributed by atoms with E-state index >= 15 is 0 Å². The van der Waals surface area contributed by atoms with Crippen LogP contribution in [0.15, 0.2) is 29.1 Å². The normalized spacial score (nSPS) is 19.8. The number of aromatic nitrogens is 3. The summed E-state index contributed by atoms with van der Waals surface area (Å²) in [5, 5.41) is 0.634. The fourth-order valence-corrected chi connectivity index (χ4v) is 5.15. The molecule has 0 bridgehead atoms. The molecule has 0 aliphatic carbocycles. The number of aryl methyl sites for hydroxylation is 1. The standard InChI is InChI=1S/C24H27ClFN5O/c1-15-27-20-13-21(31-11-5-6-17(14-31)30-9-3-4-10-30)28-23(22(20)24(32)29(15)2)18-8-7-16(25)12-19(18)26/h7-8,12-13,17H,3-6,9-11,14H2,1-2H3/t17-/m1/s1. The van der Waals surface area contributed by atoms with Crippen molar-refractivity contribution in [3.05, 3.63) is 51.3 Å². The van der Waals surface area contributed by atoms with Crippen LogP contribution in [-0.4, -0.2) is 51.7 Å². The molecule has 0 saturated carbocycles. The molecule has 2 fully saturated rings. The minimum atomic E-state index is -0.500. The molecular formula is C24H27ClFN5O. The maximum Gasteiger partial charge on any atom is 0.263 e. The van der Waals surface area contributed by atoms with Gasteiger partial charge in [-0.25, -0.2) is 14.4 Å². The van der Waals surface area contributed by atoms with Crippen molar-refractivity contribution in [3.8, 4) is 11.3 Å². The molecule has 168 valence electrons. The van der Waals surface area contributed by atoms with Gasteiger partial charge in [0.25, 0.3) is 5.56 Å². The number of nitrogens with zero attached hydrogens (tertiary/aromatic N) is 5. The van der Waals surface area contributed by atoms with E-state index < -0.39 is 5.82 Å². The van der Waals surface area contributed by atoms with Crippen molar-refractivity contribution in [3.63, 3.8) is 0 Å². The largest absolute Gasteiger partial charge is 0.355 e. The second-order valence-corrected chi connectivity index (χ2v) is 9.29. The zero-order valence-corrected chi connectivity index (χ0v) is 19.2. The number of hydrogen-bond acceptors (Lipinski definition) is 5. The average molecular weight is 456 g/mol. The first-order valence-electron chi connectivity index (χ1n) is 11.2. The van der Waals surface area contributed by atoms with Crippen molar-refractivity contribution < 1.29 is 4.39 Å². The number of halogens is 2. The minimum absolute atomic E-state index is 0.232. The third kappa shape index (κ3) is 3.77. The highest BCUT2D eigenvalue weighted by Gasteiger charge is 2.29. The number of hydrogen-bond donors (Lipinski definition) is 0. The van der Waals surface area contributed by atoms with Crippen LogP contribution >= 0.6 is 11.6 Å². The van der Waals surface area contributed by atoms with Gasteiger partial charge in [-0.15, -0.1) is 0 Å². The van der Waals surface area contributed by atoms with Crippen LogP contribution in [0.25, 0.3) is 22.2 Å². The molecule has 2 aliphatic heterocycles. The van der Waals surface area contributed by atoms with E-state index in [4.69, 9.17) is 16.6 Å². The maximum absolute atomic E-state index is 14.9. The Kier molecular flexibility index (Phi) is 5.63. The van der Waals surface area contributed by atoms with Gasteiger partial charge in [0.1, 0.15) is 17.5 Å². The molecule has 0 N–H and O–H groups in total. The average Bonchev–Trinajstić information content (AvgIpc) is 3.32. The Morgan fingerprint density at radius 2 is 1.88 bits per heavy atom. The zero-order valence-electron chi connectivity index (χ0n) is 18.4. The molecule has 1 atom stereocenters. The molecule has 1 aromatic carbocycles. The summed E-state index contributed by atoms with van der Waals surface area (Å²) in [4.78, 5) is 27.5. The third-order valence-electron chi connectivity index (χ3n) is 6.84. The van der Waals surface area contributed by atoms with Crippen molar-refractivity contribution in [1.29, 1.82) is 0 Å². The maximum atomic E-state index is 14.9. The van der Waals surface area contributed by atoms with Crippen LogP contribution in [0, 0.1) is 12.7 Å². The van der Waals surface area contributed by atoms with E-state index in [0.29, 0.717) is 33.5 Å². The molecule has 0 amide bonds. The third-order valence-corrected chi connectivity index (χ3v) is 7.07. The topological polar surface area (TPSA) is 54.3 Å². The summed E-state index contributed by atoms with van der Waals surface area (Å²) in [5.74, 6) is 0.848. The van der Waals surface area contributed by atoms with E-state index in [1.54, 1.807) is 26.1 Å². The molecule has 6 nitrogen and oxygen atoms in total. The Bertz CT molecular complexity index is 1240. The first-order valence-corrected chi connectivity index (χ1v) is 11.6. The summed E-state index contributed by atoms with van der Waals surface area (Å²) in [7, 11) is 1.67. The van der Waals surface area contributed by atoms with Gasteiger partial charge in [0.05, 0.1) is 16.6 Å². The van der Waals surface area contributed by atoms with Gasteiger partial charge in [-0.1, -0.05) is 11.6 Å². The van der Waals surface area contributed by atoms with Crippen LogP contribution in [0.1, 0.15) is 31.5 Å². The smallest absolute Gasteiger partial charge is 0.263 e. The van der Waals surface area contributed by atoms with E-state index in [9.17, 15) is 9.18 Å². The first-order chi connectivity index (χ1) is 15.4. The zero-order chi connectivity index (χ0) is 22.4. The van der Waals surface area contributed by atoms with Crippen LogP contribution in [0.2, 0.25) is 5.02 Å². The molecule has 3 aromatic rings. The summed E-state index contributed by atoms with van der Waals surface area (Å²) in [6.45, 7) is 5.87. The van der Waals surface area contributed by atoms with Crippen molar-refractivity contribution in [2.45, 2.75) is 38.6 Å². The molecule has 32 heavy (non-hydrogen) atoms. The highest BCUT2D eigenvalue weighted by Crippen LogP contribution is 2.32. The summed E-state index contributed by atoms with van der Waals surface area (Å²) in [6, 6.07) is 6.85. The number of likely N-dealkylation sites (tertiary alicyclic amines) is 1. The Morgan fingerprint density at radius 1 is 1.09 bits per heavy atom. The number of benzene rings is 1. The van der Waals surface area contributed by atoms with Gasteiger partial charge >= 0.3 is 0 Å². The molecule has 5 rings (SSSR count). The molecule has 2 saturated heterocycles. The van der Waals surface area contributed by atoms with Gasteiger partial charge in [-0.05, 0) is 63.9 Å². The Labute approximate surface area is 191 Å². The van der Waals surface area contributed by atoms with Gasteiger partial charge in [-0.3, -0.25) is 14.3 Å². The van der Waals surface area contributed by atoms with Crippen molar-refractivity contribution in [1.82, 2.24) is 19.4 Å². The SMILES string of the molecule is Cc1nc2cc(N3CCC[C@@H](N4CCCC4)C3)nc(-c3ccc(Cl)cc3F)c2c(=O)n1C. The Balaban J connectivity index is 1.66. The highest BCUT2D eigenvalue weighted by atomic mass is 35.5. The van der Waals surface area contributed by atoms with Crippen molar-refractivity contribution >= 4 is 28.3 Å². The van der Waals surface area contributed by atoms with E-state index in [1.807, 2.05) is 6.07 Å². The van der Waals surface area contributed by atoms with E-state index in [1.165, 1.54) is 29.9 Å². The molecule has 2 aliphatic rings. The molecule has 0 unspecified atom stereocenters. The Morgan fingerprint density at radius 3 is 2.62 bits per heavy atom. The number of fused-ring (bicyclic) bond motifs is 1. The second kappa shape index (κ2) is 8.45. The van der Waals surface area contributed by atoms with Crippen LogP contribution in [-0.2, 0) is 7.05 Å². The molecular weight excluding hydrogens is 429 g/mol. The van der Waals surface area contributed by atoms with Crippen molar-refractivity contribution in [2.75, 3.05) is 31.1 Å². The quantitative estimate of drug-likeness (QED) is 0.593. The van der Waals surface area contributed by atoms with Crippen LogP contribution in [0.5, 0.6) is 0 Å². The minimum Gasteiger partial charge on any atom is -0.355 e.